The van der Waals surface area contributed by atoms with Crippen molar-refractivity contribution in [2.75, 3.05) is 11.1 Å². The third kappa shape index (κ3) is 1.92. The number of nitrogen functional groups attached to an aromatic ring is 1. The van der Waals surface area contributed by atoms with E-state index in [0.717, 1.165) is 0 Å². The van der Waals surface area contributed by atoms with E-state index in [9.17, 15) is 0 Å². The molecule has 0 saturated heterocycles. The highest BCUT2D eigenvalue weighted by atomic mass is 15.1. The van der Waals surface area contributed by atoms with Gasteiger partial charge in [0.1, 0.15) is 18.0 Å². The van der Waals surface area contributed by atoms with E-state index in [0.29, 0.717) is 17.5 Å². The second-order valence-electron chi connectivity index (χ2n) is 2.55. The van der Waals surface area contributed by atoms with Crippen molar-refractivity contribution >= 4 is 17.5 Å². The Hall–Kier alpha value is -2.24. The molecule has 6 nitrogen and oxygen atoms in total. The second kappa shape index (κ2) is 3.65. The third-order valence-corrected chi connectivity index (χ3v) is 1.49. The normalized spacial score (nSPS) is 9.71. The molecule has 14 heavy (non-hydrogen) atoms. The van der Waals surface area contributed by atoms with E-state index in [-0.39, 0.29) is 0 Å². The fourth-order valence-corrected chi connectivity index (χ4v) is 0.937. The molecule has 0 spiro atoms. The van der Waals surface area contributed by atoms with E-state index in [1.54, 1.807) is 18.5 Å². The Morgan fingerprint density at radius 3 is 2.79 bits per heavy atom. The summed E-state index contributed by atoms with van der Waals surface area (Å²) in [5.74, 6) is 1.58. The molecule has 0 saturated carbocycles. The lowest BCUT2D eigenvalue weighted by Gasteiger charge is -2.02. The van der Waals surface area contributed by atoms with Crippen molar-refractivity contribution in [1.29, 1.82) is 0 Å². The van der Waals surface area contributed by atoms with Crippen LogP contribution in [0.25, 0.3) is 0 Å². The van der Waals surface area contributed by atoms with Crippen molar-refractivity contribution < 1.29 is 0 Å². The van der Waals surface area contributed by atoms with Crippen LogP contribution in [-0.2, 0) is 0 Å². The minimum atomic E-state index is 0.365. The summed E-state index contributed by atoms with van der Waals surface area (Å²) in [4.78, 5) is 15.7. The van der Waals surface area contributed by atoms with Gasteiger partial charge in [0.15, 0.2) is 5.82 Å². The van der Waals surface area contributed by atoms with Crippen molar-refractivity contribution in [3.63, 3.8) is 0 Å². The minimum Gasteiger partial charge on any atom is -0.382 e. The first-order valence-corrected chi connectivity index (χ1v) is 3.95. The summed E-state index contributed by atoms with van der Waals surface area (Å²) in [5.41, 5.74) is 5.47. The van der Waals surface area contributed by atoms with Crippen LogP contribution in [0.1, 0.15) is 0 Å². The Kier molecular flexibility index (Phi) is 2.18. The van der Waals surface area contributed by atoms with Crippen LogP contribution in [0.2, 0.25) is 0 Å². The summed E-state index contributed by atoms with van der Waals surface area (Å²) in [7, 11) is 0. The summed E-state index contributed by atoms with van der Waals surface area (Å²) < 4.78 is 0. The van der Waals surface area contributed by atoms with E-state index in [1.165, 1.54) is 12.5 Å². The lowest BCUT2D eigenvalue weighted by molar-refractivity contribution is 1.14. The summed E-state index contributed by atoms with van der Waals surface area (Å²) in [6.45, 7) is 0. The SMILES string of the molecule is Nc1cncc(Nc2ccncn2)n1. The van der Waals surface area contributed by atoms with Crippen molar-refractivity contribution in [3.8, 4) is 0 Å². The van der Waals surface area contributed by atoms with Gasteiger partial charge in [0.05, 0.1) is 12.4 Å². The first-order valence-electron chi connectivity index (χ1n) is 3.95. The molecule has 0 atom stereocenters. The Labute approximate surface area is 80.3 Å². The number of aromatic nitrogens is 4. The number of nitrogens with zero attached hydrogens (tertiary/aromatic N) is 4. The van der Waals surface area contributed by atoms with E-state index in [2.05, 4.69) is 25.3 Å². The number of nitrogens with two attached hydrogens (primary N) is 1. The molecule has 2 rings (SSSR count). The summed E-state index contributed by atoms with van der Waals surface area (Å²) in [6.07, 6.45) is 6.13. The van der Waals surface area contributed by atoms with Gasteiger partial charge in [-0.2, -0.15) is 0 Å². The monoisotopic (exact) mass is 188 g/mol. The quantitative estimate of drug-likeness (QED) is 0.717. The molecule has 0 aliphatic carbocycles. The second-order valence-corrected chi connectivity index (χ2v) is 2.55. The highest BCUT2D eigenvalue weighted by Gasteiger charge is 1.96. The van der Waals surface area contributed by atoms with Crippen LogP contribution in [0.4, 0.5) is 17.5 Å². The molecule has 6 heteroatoms. The van der Waals surface area contributed by atoms with E-state index < -0.39 is 0 Å². The number of rotatable bonds is 2. The summed E-state index contributed by atoms with van der Waals surface area (Å²) >= 11 is 0. The molecule has 0 aromatic carbocycles. The van der Waals surface area contributed by atoms with Gasteiger partial charge in [-0.25, -0.2) is 15.0 Å². The smallest absolute Gasteiger partial charge is 0.152 e. The van der Waals surface area contributed by atoms with Crippen molar-refractivity contribution in [2.24, 2.45) is 0 Å². The molecule has 0 radical (unpaired) electrons. The molecule has 2 aromatic rings. The minimum absolute atomic E-state index is 0.365. The molecule has 0 bridgehead atoms. The van der Waals surface area contributed by atoms with E-state index in [4.69, 9.17) is 5.73 Å². The maximum Gasteiger partial charge on any atom is 0.152 e. The predicted molar refractivity (Wildman–Crippen MR) is 51.8 cm³/mol. The first-order chi connectivity index (χ1) is 6.84. The van der Waals surface area contributed by atoms with Crippen LogP contribution >= 0.6 is 0 Å². The molecule has 0 amide bonds. The van der Waals surface area contributed by atoms with Gasteiger partial charge < -0.3 is 11.1 Å². The van der Waals surface area contributed by atoms with E-state index in [1.807, 2.05) is 0 Å². The molecular formula is C8H8N6. The zero-order chi connectivity index (χ0) is 9.80. The maximum atomic E-state index is 5.47. The molecule has 0 aliphatic rings. The zero-order valence-corrected chi connectivity index (χ0v) is 7.25. The highest BCUT2D eigenvalue weighted by molar-refractivity contribution is 5.51. The Bertz CT molecular complexity index is 415. The van der Waals surface area contributed by atoms with Crippen LogP contribution in [-0.4, -0.2) is 19.9 Å². The van der Waals surface area contributed by atoms with Crippen molar-refractivity contribution in [2.45, 2.75) is 0 Å². The summed E-state index contributed by atoms with van der Waals surface area (Å²) in [5, 5.41) is 2.94. The zero-order valence-electron chi connectivity index (χ0n) is 7.25. The van der Waals surface area contributed by atoms with Gasteiger partial charge in [-0.3, -0.25) is 4.98 Å². The fraction of sp³-hybridized carbons (Fsp3) is 0. The van der Waals surface area contributed by atoms with Crippen LogP contribution in [0.15, 0.2) is 31.0 Å². The van der Waals surface area contributed by atoms with Gasteiger partial charge in [-0.15, -0.1) is 0 Å². The maximum absolute atomic E-state index is 5.47. The number of hydrogen-bond acceptors (Lipinski definition) is 6. The standard InChI is InChI=1S/C8H8N6/c9-6-3-11-4-8(13-6)14-7-1-2-10-5-12-7/h1-5H,(H3,9,10,12,13,14). The number of anilines is 3. The molecule has 2 aromatic heterocycles. The first kappa shape index (κ1) is 8.36. The van der Waals surface area contributed by atoms with Gasteiger partial charge in [0.25, 0.3) is 0 Å². The van der Waals surface area contributed by atoms with E-state index >= 15 is 0 Å². The third-order valence-electron chi connectivity index (χ3n) is 1.49. The van der Waals surface area contributed by atoms with Gasteiger partial charge in [-0.1, -0.05) is 0 Å². The van der Waals surface area contributed by atoms with Gasteiger partial charge in [-0.05, 0) is 6.07 Å². The number of hydrogen-bond donors (Lipinski definition) is 2. The van der Waals surface area contributed by atoms with Crippen LogP contribution in [0, 0.1) is 0 Å². The van der Waals surface area contributed by atoms with Gasteiger partial charge in [0.2, 0.25) is 0 Å². The topological polar surface area (TPSA) is 89.6 Å². The molecule has 0 aliphatic heterocycles. The Morgan fingerprint density at radius 1 is 1.14 bits per heavy atom. The largest absolute Gasteiger partial charge is 0.382 e. The van der Waals surface area contributed by atoms with Gasteiger partial charge in [0, 0.05) is 6.20 Å². The predicted octanol–water partition coefficient (Wildman–Crippen LogP) is 0.592. The average Bonchev–Trinajstić information content (AvgIpc) is 2.19. The van der Waals surface area contributed by atoms with Crippen LogP contribution < -0.4 is 11.1 Å². The molecule has 3 N–H and O–H groups in total. The van der Waals surface area contributed by atoms with Gasteiger partial charge >= 0.3 is 0 Å². The fourth-order valence-electron chi connectivity index (χ4n) is 0.937. The molecule has 2 heterocycles. The van der Waals surface area contributed by atoms with Crippen molar-refractivity contribution in [1.82, 2.24) is 19.9 Å². The molecule has 0 unspecified atom stereocenters. The highest BCUT2D eigenvalue weighted by Crippen LogP contribution is 2.09. The molecular weight excluding hydrogens is 180 g/mol. The van der Waals surface area contributed by atoms with Crippen molar-refractivity contribution in [3.05, 3.63) is 31.0 Å². The lowest BCUT2D eigenvalue weighted by Crippen LogP contribution is -1.99. The molecule has 70 valence electrons. The average molecular weight is 188 g/mol. The van der Waals surface area contributed by atoms with Crippen LogP contribution in [0.5, 0.6) is 0 Å². The Balaban J connectivity index is 2.19. The number of nitrogens with one attached hydrogen (secondary N) is 1. The van der Waals surface area contributed by atoms with Crippen LogP contribution in [0.3, 0.4) is 0 Å². The molecule has 0 fully saturated rings. The Morgan fingerprint density at radius 2 is 2.07 bits per heavy atom. The summed E-state index contributed by atoms with van der Waals surface area (Å²) in [6, 6.07) is 1.73. The lowest BCUT2D eigenvalue weighted by atomic mass is 10.5.